The lowest BCUT2D eigenvalue weighted by Crippen LogP contribution is -2.34. The molecule has 0 saturated heterocycles. The van der Waals surface area contributed by atoms with E-state index in [4.69, 9.17) is 9.84 Å². The molecule has 5 rings (SSSR count). The van der Waals surface area contributed by atoms with E-state index in [9.17, 15) is 14.4 Å². The van der Waals surface area contributed by atoms with Gasteiger partial charge >= 0.3 is 12.1 Å². The van der Waals surface area contributed by atoms with Crippen LogP contribution in [0.1, 0.15) is 34.0 Å². The van der Waals surface area contributed by atoms with Gasteiger partial charge in [0, 0.05) is 12.0 Å². The molecule has 2 aromatic carbocycles. The van der Waals surface area contributed by atoms with Crippen molar-refractivity contribution < 1.29 is 28.9 Å². The van der Waals surface area contributed by atoms with Gasteiger partial charge in [0.2, 0.25) is 11.5 Å². The van der Waals surface area contributed by atoms with Crippen LogP contribution in [0.25, 0.3) is 11.1 Å². The summed E-state index contributed by atoms with van der Waals surface area (Å²) in [5, 5.41) is 21.2. The van der Waals surface area contributed by atoms with Crippen LogP contribution in [-0.4, -0.2) is 46.0 Å². The van der Waals surface area contributed by atoms with Gasteiger partial charge in [0.1, 0.15) is 6.61 Å². The largest absolute Gasteiger partial charge is 0.481 e. The van der Waals surface area contributed by atoms with Crippen molar-refractivity contribution in [3.8, 4) is 11.1 Å². The number of hydrogen-bond acceptors (Lipinski definition) is 7. The van der Waals surface area contributed by atoms with Gasteiger partial charge in [-0.15, -0.1) is 0 Å². The van der Waals surface area contributed by atoms with Crippen molar-refractivity contribution in [3.05, 3.63) is 77.5 Å². The lowest BCUT2D eigenvalue weighted by Gasteiger charge is -2.14. The average molecular weight is 460 g/mol. The fourth-order valence-electron chi connectivity index (χ4n) is 4.38. The number of ether oxygens (including phenoxy) is 1. The van der Waals surface area contributed by atoms with Crippen LogP contribution in [-0.2, 0) is 9.53 Å². The number of anilines is 1. The number of hydrogen-bond donors (Lipinski definition) is 3. The van der Waals surface area contributed by atoms with E-state index in [0.29, 0.717) is 0 Å². The minimum atomic E-state index is -0.964. The van der Waals surface area contributed by atoms with Gasteiger partial charge in [-0.3, -0.25) is 14.9 Å². The Morgan fingerprint density at radius 1 is 1.00 bits per heavy atom. The average Bonchev–Trinajstić information content (AvgIpc) is 3.56. The Balaban J connectivity index is 1.21. The summed E-state index contributed by atoms with van der Waals surface area (Å²) in [6.45, 7) is 0.0934. The van der Waals surface area contributed by atoms with Gasteiger partial charge in [0.15, 0.2) is 0 Å². The SMILES string of the molecule is O=C(Nc1nonc1C(=O)NC1C=CC(C(=O)O)C1)OCC1c2ccccc2-c2ccccc21. The first kappa shape index (κ1) is 21.4. The third-order valence-electron chi connectivity index (χ3n) is 5.99. The highest BCUT2D eigenvalue weighted by Crippen LogP contribution is 2.44. The molecule has 3 N–H and O–H groups in total. The lowest BCUT2D eigenvalue weighted by atomic mass is 9.98. The fraction of sp³-hybridized carbons (Fsp3) is 0.208. The number of carboxylic acid groups (broad SMARTS) is 1. The molecular weight excluding hydrogens is 440 g/mol. The quantitative estimate of drug-likeness (QED) is 0.476. The number of benzene rings is 2. The first-order chi connectivity index (χ1) is 16.5. The van der Waals surface area contributed by atoms with Gasteiger partial charge in [0.05, 0.1) is 5.92 Å². The second-order valence-corrected chi connectivity index (χ2v) is 8.06. The van der Waals surface area contributed by atoms with Crippen molar-refractivity contribution in [3.63, 3.8) is 0 Å². The molecule has 0 spiro atoms. The number of aromatic nitrogens is 2. The second kappa shape index (κ2) is 8.81. The molecule has 2 aliphatic rings. The minimum Gasteiger partial charge on any atom is -0.481 e. The van der Waals surface area contributed by atoms with Crippen LogP contribution in [0.2, 0.25) is 0 Å². The molecule has 0 radical (unpaired) electrons. The molecule has 1 aromatic heterocycles. The van der Waals surface area contributed by atoms with E-state index in [2.05, 4.69) is 25.6 Å². The van der Waals surface area contributed by atoms with Gasteiger partial charge in [-0.05, 0) is 39.0 Å². The summed E-state index contributed by atoms with van der Waals surface area (Å²) in [7, 11) is 0. The topological polar surface area (TPSA) is 144 Å². The fourth-order valence-corrected chi connectivity index (χ4v) is 4.38. The van der Waals surface area contributed by atoms with Crippen LogP contribution in [0.15, 0.2) is 65.3 Å². The standard InChI is InChI=1S/C24H20N4O6/c29-22(25-14-10-9-13(11-14)23(30)31)20-21(28-34-27-20)26-24(32)33-12-19-17-7-3-1-5-15(17)16-6-2-4-8-18(16)19/h1-10,13-14,19H,11-12H2,(H,25,29)(H,30,31)(H,26,28,32). The van der Waals surface area contributed by atoms with E-state index in [1.54, 1.807) is 6.08 Å². The molecule has 2 amide bonds. The molecule has 0 fully saturated rings. The number of fused-ring (bicyclic) bond motifs is 3. The highest BCUT2D eigenvalue weighted by Gasteiger charge is 2.30. The van der Waals surface area contributed by atoms with E-state index in [1.807, 2.05) is 48.5 Å². The zero-order valence-electron chi connectivity index (χ0n) is 17.8. The summed E-state index contributed by atoms with van der Waals surface area (Å²) in [6, 6.07) is 15.5. The van der Waals surface area contributed by atoms with Gasteiger partial charge in [-0.2, -0.15) is 0 Å². The molecule has 2 aliphatic carbocycles. The molecule has 0 saturated carbocycles. The maximum atomic E-state index is 12.5. The highest BCUT2D eigenvalue weighted by atomic mass is 16.6. The number of rotatable bonds is 6. The van der Waals surface area contributed by atoms with Gasteiger partial charge in [0.25, 0.3) is 5.91 Å². The van der Waals surface area contributed by atoms with Crippen LogP contribution in [0.4, 0.5) is 10.6 Å². The van der Waals surface area contributed by atoms with Crippen molar-refractivity contribution in [2.24, 2.45) is 5.92 Å². The van der Waals surface area contributed by atoms with E-state index in [1.165, 1.54) is 6.08 Å². The third-order valence-corrected chi connectivity index (χ3v) is 5.99. The molecule has 3 aromatic rings. The van der Waals surface area contributed by atoms with Crippen LogP contribution in [0.5, 0.6) is 0 Å². The van der Waals surface area contributed by atoms with Crippen molar-refractivity contribution in [2.45, 2.75) is 18.4 Å². The predicted octanol–water partition coefficient (Wildman–Crippen LogP) is 3.19. The number of aliphatic carboxylic acids is 1. The number of nitrogens with one attached hydrogen (secondary N) is 2. The summed E-state index contributed by atoms with van der Waals surface area (Å²) in [5.74, 6) is -2.59. The van der Waals surface area contributed by atoms with E-state index in [0.717, 1.165) is 22.3 Å². The van der Waals surface area contributed by atoms with Crippen molar-refractivity contribution in [1.82, 2.24) is 15.6 Å². The lowest BCUT2D eigenvalue weighted by molar-refractivity contribution is -0.140. The molecular formula is C24H20N4O6. The van der Waals surface area contributed by atoms with Gasteiger partial charge in [-0.25, -0.2) is 9.42 Å². The number of carbonyl (C=O) groups excluding carboxylic acids is 2. The molecule has 1 heterocycles. The molecule has 10 heteroatoms. The molecule has 2 atom stereocenters. The predicted molar refractivity (Wildman–Crippen MR) is 119 cm³/mol. The van der Waals surface area contributed by atoms with Crippen molar-refractivity contribution in [1.29, 1.82) is 0 Å². The van der Waals surface area contributed by atoms with Crippen LogP contribution in [0, 0.1) is 5.92 Å². The number of amides is 2. The van der Waals surface area contributed by atoms with Crippen LogP contribution < -0.4 is 10.6 Å². The monoisotopic (exact) mass is 460 g/mol. The summed E-state index contributed by atoms with van der Waals surface area (Å²) in [5.41, 5.74) is 4.13. The Morgan fingerprint density at radius 2 is 1.68 bits per heavy atom. The Bertz CT molecular complexity index is 1250. The van der Waals surface area contributed by atoms with Crippen LogP contribution >= 0.6 is 0 Å². The van der Waals surface area contributed by atoms with Crippen molar-refractivity contribution >= 4 is 23.8 Å². The molecule has 0 aliphatic heterocycles. The molecule has 0 bridgehead atoms. The normalized spacial score (nSPS) is 18.2. The Morgan fingerprint density at radius 3 is 2.32 bits per heavy atom. The smallest absolute Gasteiger partial charge is 0.412 e. The van der Waals surface area contributed by atoms with Crippen LogP contribution in [0.3, 0.4) is 0 Å². The molecule has 34 heavy (non-hydrogen) atoms. The maximum absolute atomic E-state index is 12.5. The highest BCUT2D eigenvalue weighted by molar-refractivity contribution is 5.99. The van der Waals surface area contributed by atoms with E-state index in [-0.39, 0.29) is 30.5 Å². The van der Waals surface area contributed by atoms with E-state index < -0.39 is 29.9 Å². The van der Waals surface area contributed by atoms with Gasteiger partial charge < -0.3 is 15.2 Å². The number of carboxylic acids is 1. The van der Waals surface area contributed by atoms with Gasteiger partial charge in [-0.1, -0.05) is 60.7 Å². The molecule has 2 unspecified atom stereocenters. The van der Waals surface area contributed by atoms with Crippen molar-refractivity contribution in [2.75, 3.05) is 11.9 Å². The maximum Gasteiger partial charge on any atom is 0.412 e. The summed E-state index contributed by atoms with van der Waals surface area (Å²) >= 11 is 0. The molecule has 172 valence electrons. The number of nitrogens with zero attached hydrogens (tertiary/aromatic N) is 2. The first-order valence-electron chi connectivity index (χ1n) is 10.7. The Kier molecular flexibility index (Phi) is 5.54. The summed E-state index contributed by atoms with van der Waals surface area (Å²) in [6.07, 6.45) is 2.53. The Labute approximate surface area is 193 Å². The first-order valence-corrected chi connectivity index (χ1v) is 10.7. The zero-order chi connectivity index (χ0) is 23.7. The van der Waals surface area contributed by atoms with E-state index >= 15 is 0 Å². The summed E-state index contributed by atoms with van der Waals surface area (Å²) in [4.78, 5) is 36.1. The zero-order valence-corrected chi connectivity index (χ0v) is 17.8. The summed E-state index contributed by atoms with van der Waals surface area (Å²) < 4.78 is 10.1. The number of carbonyl (C=O) groups is 3. The second-order valence-electron chi connectivity index (χ2n) is 8.06. The molecule has 10 nitrogen and oxygen atoms in total. The minimum absolute atomic E-state index is 0.0934. The third kappa shape index (κ3) is 4.01. The Hall–Kier alpha value is -4.47.